The molecule has 5 nitrogen and oxygen atoms in total. The van der Waals surface area contributed by atoms with Crippen LogP contribution in [-0.4, -0.2) is 40.4 Å². The molecule has 2 heterocycles. The van der Waals surface area contributed by atoms with E-state index >= 15 is 0 Å². The van der Waals surface area contributed by atoms with E-state index in [1.165, 1.54) is 0 Å². The molecule has 2 atom stereocenters. The highest BCUT2D eigenvalue weighted by molar-refractivity contribution is 7.98. The van der Waals surface area contributed by atoms with Gasteiger partial charge in [-0.15, -0.1) is 11.8 Å². The van der Waals surface area contributed by atoms with Gasteiger partial charge in [0.25, 0.3) is 0 Å². The Bertz CT molecular complexity index is 510. The van der Waals surface area contributed by atoms with E-state index in [9.17, 15) is 9.90 Å². The Labute approximate surface area is 116 Å². The van der Waals surface area contributed by atoms with Crippen LogP contribution >= 0.6 is 11.8 Å². The third-order valence-electron chi connectivity index (χ3n) is 4.43. The molecule has 6 heteroatoms. The minimum absolute atomic E-state index is 0.254. The summed E-state index contributed by atoms with van der Waals surface area (Å²) in [7, 11) is 0. The van der Waals surface area contributed by atoms with E-state index in [-0.39, 0.29) is 5.92 Å². The van der Waals surface area contributed by atoms with E-state index in [2.05, 4.69) is 14.9 Å². The fraction of sp³-hybridized carbons (Fsp3) is 0.615. The fourth-order valence-corrected chi connectivity index (χ4v) is 3.75. The second kappa shape index (κ2) is 4.67. The third-order valence-corrected chi connectivity index (χ3v) is 5.04. The zero-order valence-electron chi connectivity index (χ0n) is 10.9. The first-order valence-corrected chi connectivity index (χ1v) is 7.72. The van der Waals surface area contributed by atoms with Gasteiger partial charge >= 0.3 is 5.97 Å². The molecule has 1 saturated carbocycles. The Balaban J connectivity index is 1.87. The lowest BCUT2D eigenvalue weighted by Crippen LogP contribution is -2.35. The van der Waals surface area contributed by atoms with Crippen LogP contribution in [0.15, 0.2) is 17.4 Å². The van der Waals surface area contributed by atoms with Crippen molar-refractivity contribution in [2.75, 3.05) is 24.2 Å². The van der Waals surface area contributed by atoms with Crippen molar-refractivity contribution in [3.8, 4) is 0 Å². The predicted octanol–water partition coefficient (Wildman–Crippen LogP) is 1.89. The molecule has 0 unspecified atom stereocenters. The average molecular weight is 279 g/mol. The van der Waals surface area contributed by atoms with Crippen LogP contribution in [0.4, 0.5) is 5.82 Å². The molecule has 2 aliphatic rings. The Morgan fingerprint density at radius 1 is 1.58 bits per heavy atom. The Kier molecular flexibility index (Phi) is 3.12. The molecule has 0 aromatic carbocycles. The lowest BCUT2D eigenvalue weighted by molar-refractivity contribution is -0.149. The number of thioether (sulfide) groups is 1. The molecule has 1 aliphatic heterocycles. The number of anilines is 1. The van der Waals surface area contributed by atoms with Crippen LogP contribution in [0, 0.1) is 11.3 Å². The number of carbonyl (C=O) groups is 1. The maximum absolute atomic E-state index is 11.6. The number of carboxylic acid groups (broad SMARTS) is 1. The van der Waals surface area contributed by atoms with E-state index in [1.807, 2.05) is 6.26 Å². The number of aromatic nitrogens is 2. The molecule has 0 bridgehead atoms. The van der Waals surface area contributed by atoms with Crippen molar-refractivity contribution in [1.29, 1.82) is 0 Å². The van der Waals surface area contributed by atoms with Gasteiger partial charge in [0.1, 0.15) is 10.8 Å². The molecule has 1 saturated heterocycles. The van der Waals surface area contributed by atoms with Gasteiger partial charge in [-0.3, -0.25) is 9.78 Å². The zero-order valence-corrected chi connectivity index (χ0v) is 11.7. The first kappa shape index (κ1) is 12.7. The summed E-state index contributed by atoms with van der Waals surface area (Å²) in [6.45, 7) is 1.36. The monoisotopic (exact) mass is 279 g/mol. The number of fused-ring (bicyclic) bond motifs is 1. The molecule has 0 spiro atoms. The van der Waals surface area contributed by atoms with E-state index in [4.69, 9.17) is 0 Å². The first-order chi connectivity index (χ1) is 9.15. The second-order valence-electron chi connectivity index (χ2n) is 5.35. The van der Waals surface area contributed by atoms with Gasteiger partial charge < -0.3 is 10.0 Å². The van der Waals surface area contributed by atoms with E-state index in [0.717, 1.165) is 36.7 Å². The highest BCUT2D eigenvalue weighted by Crippen LogP contribution is 2.49. The highest BCUT2D eigenvalue weighted by atomic mass is 32.2. The van der Waals surface area contributed by atoms with Crippen molar-refractivity contribution in [2.45, 2.75) is 24.3 Å². The lowest BCUT2D eigenvalue weighted by atomic mass is 9.81. The molecule has 102 valence electrons. The lowest BCUT2D eigenvalue weighted by Gasteiger charge is -2.23. The number of aliphatic carboxylic acids is 1. The maximum atomic E-state index is 11.6. The smallest absolute Gasteiger partial charge is 0.311 e. The second-order valence-corrected chi connectivity index (χ2v) is 6.18. The molecule has 1 aromatic rings. The van der Waals surface area contributed by atoms with E-state index < -0.39 is 11.4 Å². The topological polar surface area (TPSA) is 66.3 Å². The number of hydrogen-bond acceptors (Lipinski definition) is 5. The number of nitrogens with zero attached hydrogens (tertiary/aromatic N) is 3. The molecule has 3 rings (SSSR count). The summed E-state index contributed by atoms with van der Waals surface area (Å²) in [6.07, 6.45) is 8.26. The summed E-state index contributed by atoms with van der Waals surface area (Å²) in [5.74, 6) is 0.415. The maximum Gasteiger partial charge on any atom is 0.311 e. The summed E-state index contributed by atoms with van der Waals surface area (Å²) in [5, 5.41) is 10.4. The van der Waals surface area contributed by atoms with Gasteiger partial charge in [0.15, 0.2) is 0 Å². The van der Waals surface area contributed by atoms with Crippen molar-refractivity contribution in [2.24, 2.45) is 11.3 Å². The van der Waals surface area contributed by atoms with Crippen molar-refractivity contribution in [1.82, 2.24) is 9.97 Å². The van der Waals surface area contributed by atoms with Crippen LogP contribution in [0.2, 0.25) is 0 Å². The summed E-state index contributed by atoms with van der Waals surface area (Å²) < 4.78 is 0. The predicted molar refractivity (Wildman–Crippen MR) is 73.4 cm³/mol. The summed E-state index contributed by atoms with van der Waals surface area (Å²) >= 11 is 1.55. The largest absolute Gasteiger partial charge is 0.481 e. The minimum Gasteiger partial charge on any atom is -0.481 e. The molecule has 1 aliphatic carbocycles. The third kappa shape index (κ3) is 1.98. The van der Waals surface area contributed by atoms with Gasteiger partial charge in [-0.25, -0.2) is 4.98 Å². The molecular formula is C13H17N3O2S. The van der Waals surface area contributed by atoms with Crippen LogP contribution in [0.3, 0.4) is 0 Å². The number of hydrogen-bond donors (Lipinski definition) is 1. The van der Waals surface area contributed by atoms with Gasteiger partial charge in [-0.2, -0.15) is 0 Å². The normalized spacial score (nSPS) is 29.5. The van der Waals surface area contributed by atoms with Gasteiger partial charge in [-0.1, -0.05) is 6.42 Å². The van der Waals surface area contributed by atoms with Crippen LogP contribution in [0.1, 0.15) is 19.3 Å². The van der Waals surface area contributed by atoms with Gasteiger partial charge in [-0.05, 0) is 25.0 Å². The van der Waals surface area contributed by atoms with Crippen molar-refractivity contribution in [3.05, 3.63) is 12.4 Å². The molecule has 2 fully saturated rings. The van der Waals surface area contributed by atoms with Crippen LogP contribution in [0.25, 0.3) is 0 Å². The Morgan fingerprint density at radius 3 is 3.11 bits per heavy atom. The Morgan fingerprint density at radius 2 is 2.42 bits per heavy atom. The van der Waals surface area contributed by atoms with Gasteiger partial charge in [0.2, 0.25) is 0 Å². The van der Waals surface area contributed by atoms with E-state index in [1.54, 1.807) is 24.2 Å². The standard InChI is InChI=1S/C13H17N3O2S/c1-19-11-6-14-5-10(15-11)16-7-9-3-2-4-13(9,8-16)12(17)18/h5-6,9H,2-4,7-8H2,1H3,(H,17,18)/t9-,13+/m0/s1. The van der Waals surface area contributed by atoms with Crippen molar-refractivity contribution in [3.63, 3.8) is 0 Å². The zero-order chi connectivity index (χ0) is 13.5. The molecule has 1 aromatic heterocycles. The average Bonchev–Trinajstić information content (AvgIpc) is 2.96. The first-order valence-electron chi connectivity index (χ1n) is 6.50. The van der Waals surface area contributed by atoms with Crippen molar-refractivity contribution < 1.29 is 9.90 Å². The van der Waals surface area contributed by atoms with Gasteiger partial charge in [0.05, 0.1) is 17.8 Å². The summed E-state index contributed by atoms with van der Waals surface area (Å²) in [6, 6.07) is 0. The highest BCUT2D eigenvalue weighted by Gasteiger charge is 2.55. The minimum atomic E-state index is -0.647. The molecular weight excluding hydrogens is 262 g/mol. The van der Waals surface area contributed by atoms with Crippen LogP contribution < -0.4 is 4.90 Å². The fourth-order valence-electron chi connectivity index (χ4n) is 3.40. The van der Waals surface area contributed by atoms with Crippen LogP contribution in [0.5, 0.6) is 0 Å². The van der Waals surface area contributed by atoms with E-state index in [0.29, 0.717) is 6.54 Å². The molecule has 19 heavy (non-hydrogen) atoms. The number of rotatable bonds is 3. The van der Waals surface area contributed by atoms with Crippen molar-refractivity contribution >= 4 is 23.5 Å². The molecule has 0 radical (unpaired) electrons. The number of carboxylic acids is 1. The summed E-state index contributed by atoms with van der Waals surface area (Å²) in [5.41, 5.74) is -0.558. The summed E-state index contributed by atoms with van der Waals surface area (Å²) in [4.78, 5) is 22.4. The molecule has 0 amide bonds. The Hall–Kier alpha value is -1.30. The van der Waals surface area contributed by atoms with Crippen LogP contribution in [-0.2, 0) is 4.79 Å². The molecule has 1 N–H and O–H groups in total. The SMILES string of the molecule is CSc1cncc(N2C[C@@H]3CCC[C@@]3(C(=O)O)C2)n1. The van der Waals surface area contributed by atoms with Gasteiger partial charge in [0, 0.05) is 13.1 Å². The quantitative estimate of drug-likeness (QED) is 0.852.